The summed E-state index contributed by atoms with van der Waals surface area (Å²) in [5.41, 5.74) is 2.36. The fourth-order valence-electron chi connectivity index (χ4n) is 3.20. The van der Waals surface area contributed by atoms with E-state index in [1.165, 1.54) is 0 Å². The molecule has 1 aliphatic heterocycles. The summed E-state index contributed by atoms with van der Waals surface area (Å²) in [7, 11) is 0. The zero-order valence-corrected chi connectivity index (χ0v) is 12.2. The minimum atomic E-state index is -0.791. The first-order chi connectivity index (χ1) is 10.1. The largest absolute Gasteiger partial charge is 0.361 e. The third-order valence-electron chi connectivity index (χ3n) is 4.19. The maximum absolute atomic E-state index is 13.9. The summed E-state index contributed by atoms with van der Waals surface area (Å²) in [5, 5.41) is 4.00. The molecule has 0 saturated carbocycles. The average Bonchev–Trinajstić information content (AvgIpc) is 3.02. The van der Waals surface area contributed by atoms with E-state index < -0.39 is 11.6 Å². The normalized spacial score (nSPS) is 19.3. The van der Waals surface area contributed by atoms with Crippen LogP contribution in [0.25, 0.3) is 0 Å². The van der Waals surface area contributed by atoms with Crippen LogP contribution in [0.1, 0.15) is 41.5 Å². The Kier molecular flexibility index (Phi) is 3.76. The minimum Gasteiger partial charge on any atom is -0.361 e. The smallest absolute Gasteiger partial charge is 0.163 e. The highest BCUT2D eigenvalue weighted by molar-refractivity contribution is 5.27. The van der Waals surface area contributed by atoms with Gasteiger partial charge in [-0.2, -0.15) is 0 Å². The number of hydrogen-bond donors (Lipinski definition) is 0. The van der Waals surface area contributed by atoms with Crippen molar-refractivity contribution in [2.75, 3.05) is 6.54 Å². The van der Waals surface area contributed by atoms with Crippen molar-refractivity contribution < 1.29 is 13.3 Å². The van der Waals surface area contributed by atoms with Crippen molar-refractivity contribution >= 4 is 0 Å². The molecular formula is C16H18F2N2O. The topological polar surface area (TPSA) is 29.3 Å². The Morgan fingerprint density at radius 1 is 1.33 bits per heavy atom. The standard InChI is InChI=1S/C16H18F2N2O/c1-10-15(11(2)21-19-10)14-7-4-8-20(14)9-12-5-3-6-13(17)16(12)18/h3,5-6,14H,4,7-9H2,1-2H3. The highest BCUT2D eigenvalue weighted by atomic mass is 19.2. The van der Waals surface area contributed by atoms with Crippen LogP contribution in [0.4, 0.5) is 8.78 Å². The summed E-state index contributed by atoms with van der Waals surface area (Å²) in [6.45, 7) is 5.09. The summed E-state index contributed by atoms with van der Waals surface area (Å²) >= 11 is 0. The highest BCUT2D eigenvalue weighted by Crippen LogP contribution is 2.36. The first kappa shape index (κ1) is 14.2. The van der Waals surface area contributed by atoms with Gasteiger partial charge in [-0.3, -0.25) is 4.90 Å². The van der Waals surface area contributed by atoms with Crippen molar-refractivity contribution in [3.05, 3.63) is 52.4 Å². The van der Waals surface area contributed by atoms with E-state index in [9.17, 15) is 8.78 Å². The minimum absolute atomic E-state index is 0.166. The van der Waals surface area contributed by atoms with E-state index in [2.05, 4.69) is 10.1 Å². The second kappa shape index (κ2) is 5.56. The van der Waals surface area contributed by atoms with Crippen LogP contribution in [-0.2, 0) is 6.54 Å². The molecule has 0 aliphatic carbocycles. The molecule has 3 rings (SSSR count). The Morgan fingerprint density at radius 3 is 2.86 bits per heavy atom. The van der Waals surface area contributed by atoms with Gasteiger partial charge in [-0.25, -0.2) is 8.78 Å². The molecule has 0 N–H and O–H groups in total. The summed E-state index contributed by atoms with van der Waals surface area (Å²) in [4.78, 5) is 2.17. The Balaban J connectivity index is 1.87. The van der Waals surface area contributed by atoms with Gasteiger partial charge in [0.05, 0.1) is 5.69 Å². The molecule has 3 nitrogen and oxygen atoms in total. The molecule has 1 atom stereocenters. The molecule has 5 heteroatoms. The molecule has 1 unspecified atom stereocenters. The molecule has 1 aromatic heterocycles. The number of halogens is 2. The van der Waals surface area contributed by atoms with Crippen LogP contribution in [0.5, 0.6) is 0 Å². The summed E-state index contributed by atoms with van der Waals surface area (Å²) < 4.78 is 32.4. The van der Waals surface area contributed by atoms with E-state index >= 15 is 0 Å². The number of hydrogen-bond acceptors (Lipinski definition) is 3. The van der Waals surface area contributed by atoms with Gasteiger partial charge in [0.2, 0.25) is 0 Å². The third-order valence-corrected chi connectivity index (χ3v) is 4.19. The fraction of sp³-hybridized carbons (Fsp3) is 0.438. The third kappa shape index (κ3) is 2.58. The zero-order valence-electron chi connectivity index (χ0n) is 12.2. The summed E-state index contributed by atoms with van der Waals surface area (Å²) in [6, 6.07) is 4.50. The lowest BCUT2D eigenvalue weighted by molar-refractivity contribution is 0.241. The second-order valence-corrected chi connectivity index (χ2v) is 5.58. The van der Waals surface area contributed by atoms with Crippen LogP contribution in [0, 0.1) is 25.5 Å². The maximum atomic E-state index is 13.9. The number of aryl methyl sites for hydroxylation is 2. The Labute approximate surface area is 122 Å². The van der Waals surface area contributed by atoms with Gasteiger partial charge < -0.3 is 4.52 Å². The molecule has 0 amide bonds. The number of likely N-dealkylation sites (tertiary alicyclic amines) is 1. The van der Waals surface area contributed by atoms with Crippen LogP contribution in [0.3, 0.4) is 0 Å². The van der Waals surface area contributed by atoms with E-state index in [1.807, 2.05) is 13.8 Å². The molecule has 21 heavy (non-hydrogen) atoms. The van der Waals surface area contributed by atoms with Crippen LogP contribution >= 0.6 is 0 Å². The fourth-order valence-corrected chi connectivity index (χ4v) is 3.20. The van der Waals surface area contributed by atoms with E-state index in [4.69, 9.17) is 4.52 Å². The summed E-state index contributed by atoms with van der Waals surface area (Å²) in [6.07, 6.45) is 2.02. The van der Waals surface area contributed by atoms with Crippen molar-refractivity contribution in [1.82, 2.24) is 10.1 Å². The summed E-state index contributed by atoms with van der Waals surface area (Å²) in [5.74, 6) is -0.730. The Hall–Kier alpha value is -1.75. The SMILES string of the molecule is Cc1noc(C)c1C1CCCN1Cc1cccc(F)c1F. The van der Waals surface area contributed by atoms with Gasteiger partial charge in [-0.15, -0.1) is 0 Å². The highest BCUT2D eigenvalue weighted by Gasteiger charge is 2.31. The number of rotatable bonds is 3. The maximum Gasteiger partial charge on any atom is 0.163 e. The van der Waals surface area contributed by atoms with Crippen LogP contribution in [0.2, 0.25) is 0 Å². The number of nitrogens with zero attached hydrogens (tertiary/aromatic N) is 2. The van der Waals surface area contributed by atoms with Gasteiger partial charge in [0.1, 0.15) is 5.76 Å². The van der Waals surface area contributed by atoms with Crippen molar-refractivity contribution in [3.8, 4) is 0 Å². The van der Waals surface area contributed by atoms with Gasteiger partial charge >= 0.3 is 0 Å². The Bertz CT molecular complexity index is 634. The van der Waals surface area contributed by atoms with Crippen molar-refractivity contribution in [2.24, 2.45) is 0 Å². The van der Waals surface area contributed by atoms with E-state index in [-0.39, 0.29) is 6.04 Å². The van der Waals surface area contributed by atoms with Gasteiger partial charge in [0.15, 0.2) is 11.6 Å². The van der Waals surface area contributed by atoms with E-state index in [1.54, 1.807) is 12.1 Å². The second-order valence-electron chi connectivity index (χ2n) is 5.58. The lowest BCUT2D eigenvalue weighted by atomic mass is 10.0. The van der Waals surface area contributed by atoms with E-state index in [0.29, 0.717) is 12.1 Å². The zero-order chi connectivity index (χ0) is 15.0. The molecule has 2 heterocycles. The van der Waals surface area contributed by atoms with Crippen LogP contribution in [-0.4, -0.2) is 16.6 Å². The van der Waals surface area contributed by atoms with Gasteiger partial charge in [0.25, 0.3) is 0 Å². The van der Waals surface area contributed by atoms with Crippen molar-refractivity contribution in [1.29, 1.82) is 0 Å². The molecule has 1 aliphatic rings. The van der Waals surface area contributed by atoms with Crippen LogP contribution in [0.15, 0.2) is 22.7 Å². The van der Waals surface area contributed by atoms with Gasteiger partial charge in [-0.05, 0) is 39.3 Å². The predicted octanol–water partition coefficient (Wildman–Crippen LogP) is 3.91. The first-order valence-electron chi connectivity index (χ1n) is 7.17. The predicted molar refractivity (Wildman–Crippen MR) is 74.7 cm³/mol. The van der Waals surface area contributed by atoms with Crippen molar-refractivity contribution in [2.45, 2.75) is 39.3 Å². The first-order valence-corrected chi connectivity index (χ1v) is 7.17. The van der Waals surface area contributed by atoms with Crippen LogP contribution < -0.4 is 0 Å². The van der Waals surface area contributed by atoms with Gasteiger partial charge in [-0.1, -0.05) is 17.3 Å². The van der Waals surface area contributed by atoms with Gasteiger partial charge in [0, 0.05) is 23.7 Å². The molecule has 0 bridgehead atoms. The average molecular weight is 292 g/mol. The lowest BCUT2D eigenvalue weighted by Gasteiger charge is -2.24. The van der Waals surface area contributed by atoms with Crippen molar-refractivity contribution in [3.63, 3.8) is 0 Å². The number of aromatic nitrogens is 1. The monoisotopic (exact) mass is 292 g/mol. The molecule has 1 fully saturated rings. The number of benzene rings is 1. The van der Waals surface area contributed by atoms with E-state index in [0.717, 1.165) is 42.5 Å². The molecule has 112 valence electrons. The molecule has 1 aromatic carbocycles. The molecule has 0 spiro atoms. The quantitative estimate of drug-likeness (QED) is 0.859. The molecule has 2 aromatic rings. The molecular weight excluding hydrogens is 274 g/mol. The Morgan fingerprint density at radius 2 is 2.14 bits per heavy atom. The molecule has 1 saturated heterocycles. The lowest BCUT2D eigenvalue weighted by Crippen LogP contribution is -2.24. The molecule has 0 radical (unpaired) electrons.